The monoisotopic (exact) mass is 696 g/mol. The third-order valence-electron chi connectivity index (χ3n) is 6.49. The molecule has 0 fully saturated rings. The Morgan fingerprint density at radius 2 is 1.27 bits per heavy atom. The minimum Gasteiger partial charge on any atom is -0.301 e. The van der Waals surface area contributed by atoms with Crippen molar-refractivity contribution < 1.29 is 20.1 Å². The predicted molar refractivity (Wildman–Crippen MR) is 160 cm³/mol. The van der Waals surface area contributed by atoms with Gasteiger partial charge in [-0.1, -0.05) is 83.9 Å². The van der Waals surface area contributed by atoms with E-state index in [-0.39, 0.29) is 20.1 Å². The molecule has 0 saturated carbocycles. The molecule has 2 heterocycles. The van der Waals surface area contributed by atoms with E-state index < -0.39 is 0 Å². The SMILES string of the molecule is Cc1ccc(-c2[c-]cc(-c3ccccc3)cc2)nc1C.Cc1ccnc(-c2[c-]ccc(-c3ccccc3)c2)n1.[Ir]. The normalized spacial score (nSPS) is 10.2. The molecule has 40 heavy (non-hydrogen) atoms. The maximum absolute atomic E-state index is 4.61. The van der Waals surface area contributed by atoms with Crippen LogP contribution >= 0.6 is 0 Å². The summed E-state index contributed by atoms with van der Waals surface area (Å²) in [6, 6.07) is 45.5. The zero-order chi connectivity index (χ0) is 27.0. The van der Waals surface area contributed by atoms with E-state index in [9.17, 15) is 0 Å². The van der Waals surface area contributed by atoms with Gasteiger partial charge in [0.25, 0.3) is 0 Å². The molecule has 199 valence electrons. The summed E-state index contributed by atoms with van der Waals surface area (Å²) >= 11 is 0. The van der Waals surface area contributed by atoms with Gasteiger partial charge in [-0.25, -0.2) is 0 Å². The van der Waals surface area contributed by atoms with Gasteiger partial charge in [-0.05, 0) is 43.7 Å². The number of aryl methyl sites for hydroxylation is 3. The third-order valence-corrected chi connectivity index (χ3v) is 6.49. The number of nitrogens with zero attached hydrogens (tertiary/aromatic N) is 3. The van der Waals surface area contributed by atoms with Crippen molar-refractivity contribution in [1.29, 1.82) is 0 Å². The van der Waals surface area contributed by atoms with Crippen molar-refractivity contribution in [3.63, 3.8) is 0 Å². The van der Waals surface area contributed by atoms with E-state index in [0.29, 0.717) is 0 Å². The molecule has 4 aromatic carbocycles. The van der Waals surface area contributed by atoms with Crippen LogP contribution in [0.15, 0.2) is 121 Å². The molecule has 0 aliphatic heterocycles. The van der Waals surface area contributed by atoms with E-state index in [0.717, 1.165) is 39.6 Å². The number of benzene rings is 4. The fraction of sp³-hybridized carbons (Fsp3) is 0.0833. The van der Waals surface area contributed by atoms with Crippen molar-refractivity contribution in [2.45, 2.75) is 20.8 Å². The van der Waals surface area contributed by atoms with Gasteiger partial charge in [0, 0.05) is 37.7 Å². The molecule has 0 aliphatic carbocycles. The van der Waals surface area contributed by atoms with Crippen molar-refractivity contribution >= 4 is 0 Å². The van der Waals surface area contributed by atoms with Gasteiger partial charge in [0.2, 0.25) is 0 Å². The van der Waals surface area contributed by atoms with Crippen LogP contribution in [0, 0.1) is 32.9 Å². The average molecular weight is 696 g/mol. The molecule has 2 aromatic heterocycles. The molecule has 6 rings (SSSR count). The van der Waals surface area contributed by atoms with Gasteiger partial charge in [0.1, 0.15) is 0 Å². The van der Waals surface area contributed by atoms with Crippen LogP contribution in [0.25, 0.3) is 44.9 Å². The van der Waals surface area contributed by atoms with Crippen molar-refractivity contribution in [2.75, 3.05) is 0 Å². The summed E-state index contributed by atoms with van der Waals surface area (Å²) in [7, 11) is 0. The number of aromatic nitrogens is 3. The summed E-state index contributed by atoms with van der Waals surface area (Å²) in [4.78, 5) is 13.4. The van der Waals surface area contributed by atoms with Crippen LogP contribution < -0.4 is 0 Å². The fourth-order valence-electron chi connectivity index (χ4n) is 4.16. The standard InChI is InChI=1S/C19H16N.C17H13N2.Ir/c1-14-8-13-19(20-15(14)2)18-11-9-17(10-12-18)16-6-4-3-5-7-16;1-13-10-11-18-17(19-13)16-9-5-8-15(12-16)14-6-3-2-4-7-14;/h3-11,13H,1-2H3;2-8,10-12H,1H3;/q2*-1;. The summed E-state index contributed by atoms with van der Waals surface area (Å²) in [5.74, 6) is 0.720. The van der Waals surface area contributed by atoms with Gasteiger partial charge in [-0.3, -0.25) is 9.97 Å². The van der Waals surface area contributed by atoms with Crippen molar-refractivity contribution in [3.05, 3.63) is 151 Å². The molecular weight excluding hydrogens is 667 g/mol. The molecule has 0 amide bonds. The van der Waals surface area contributed by atoms with Crippen LogP contribution in [0.2, 0.25) is 0 Å². The Bertz CT molecular complexity index is 1660. The Labute approximate surface area is 250 Å². The predicted octanol–water partition coefficient (Wildman–Crippen LogP) is 8.75. The first kappa shape index (κ1) is 28.8. The van der Waals surface area contributed by atoms with E-state index in [4.69, 9.17) is 0 Å². The van der Waals surface area contributed by atoms with Gasteiger partial charge in [-0.2, -0.15) is 0 Å². The van der Waals surface area contributed by atoms with Gasteiger partial charge in [0.15, 0.2) is 0 Å². The van der Waals surface area contributed by atoms with Crippen LogP contribution in [0.5, 0.6) is 0 Å². The molecule has 0 N–H and O–H groups in total. The summed E-state index contributed by atoms with van der Waals surface area (Å²) in [5.41, 5.74) is 10.9. The Balaban J connectivity index is 0.000000181. The maximum Gasteiger partial charge on any atom is 0.0751 e. The zero-order valence-corrected chi connectivity index (χ0v) is 25.1. The molecule has 0 spiro atoms. The van der Waals surface area contributed by atoms with Gasteiger partial charge >= 0.3 is 0 Å². The molecule has 0 atom stereocenters. The second-order valence-electron chi connectivity index (χ2n) is 9.33. The summed E-state index contributed by atoms with van der Waals surface area (Å²) < 4.78 is 0. The number of hydrogen-bond acceptors (Lipinski definition) is 3. The first-order valence-electron chi connectivity index (χ1n) is 13.0. The largest absolute Gasteiger partial charge is 0.301 e. The average Bonchev–Trinajstić information content (AvgIpc) is 3.00. The zero-order valence-electron chi connectivity index (χ0n) is 22.7. The number of pyridine rings is 1. The smallest absolute Gasteiger partial charge is 0.0751 e. The Morgan fingerprint density at radius 3 is 1.90 bits per heavy atom. The molecule has 0 unspecified atom stereocenters. The molecular formula is C36H29IrN3-2. The second kappa shape index (κ2) is 13.7. The Hall–Kier alpha value is -4.24. The minimum atomic E-state index is 0. The molecule has 0 saturated heterocycles. The van der Waals surface area contributed by atoms with Crippen LogP contribution in [-0.2, 0) is 20.1 Å². The molecule has 0 bridgehead atoms. The van der Waals surface area contributed by atoms with Gasteiger partial charge in [-0.15, -0.1) is 65.2 Å². The van der Waals surface area contributed by atoms with Crippen molar-refractivity contribution in [3.8, 4) is 44.9 Å². The molecule has 0 aliphatic rings. The fourth-order valence-corrected chi connectivity index (χ4v) is 4.16. The van der Waals surface area contributed by atoms with E-state index in [2.05, 4.69) is 94.7 Å². The summed E-state index contributed by atoms with van der Waals surface area (Å²) in [6.07, 6.45) is 1.78. The summed E-state index contributed by atoms with van der Waals surface area (Å²) in [6.45, 7) is 6.08. The van der Waals surface area contributed by atoms with Crippen LogP contribution in [-0.4, -0.2) is 15.0 Å². The molecule has 3 nitrogen and oxygen atoms in total. The van der Waals surface area contributed by atoms with Crippen LogP contribution in [0.1, 0.15) is 17.0 Å². The molecule has 6 aromatic rings. The van der Waals surface area contributed by atoms with Crippen molar-refractivity contribution in [2.24, 2.45) is 0 Å². The molecule has 4 heteroatoms. The minimum absolute atomic E-state index is 0. The van der Waals surface area contributed by atoms with E-state index in [1.165, 1.54) is 22.3 Å². The van der Waals surface area contributed by atoms with Gasteiger partial charge < -0.3 is 4.98 Å². The Morgan fingerprint density at radius 1 is 0.575 bits per heavy atom. The molecule has 1 radical (unpaired) electrons. The Kier molecular flexibility index (Phi) is 9.86. The first-order valence-corrected chi connectivity index (χ1v) is 13.0. The number of rotatable bonds is 4. The van der Waals surface area contributed by atoms with Crippen molar-refractivity contribution in [1.82, 2.24) is 15.0 Å². The third kappa shape index (κ3) is 7.24. The number of hydrogen-bond donors (Lipinski definition) is 0. The topological polar surface area (TPSA) is 38.7 Å². The summed E-state index contributed by atoms with van der Waals surface area (Å²) in [5, 5.41) is 0. The second-order valence-corrected chi connectivity index (χ2v) is 9.33. The van der Waals surface area contributed by atoms with Gasteiger partial charge in [0.05, 0.1) is 5.82 Å². The first-order chi connectivity index (χ1) is 19.1. The van der Waals surface area contributed by atoms with Crippen LogP contribution in [0.4, 0.5) is 0 Å². The van der Waals surface area contributed by atoms with Crippen LogP contribution in [0.3, 0.4) is 0 Å². The maximum atomic E-state index is 4.61. The van der Waals surface area contributed by atoms with E-state index in [1.54, 1.807) is 6.20 Å². The van der Waals surface area contributed by atoms with E-state index >= 15 is 0 Å². The quantitative estimate of drug-likeness (QED) is 0.173. The van der Waals surface area contributed by atoms with E-state index in [1.807, 2.05) is 68.4 Å².